The zero-order valence-corrected chi connectivity index (χ0v) is 16.4. The first-order chi connectivity index (χ1) is 14.1. The van der Waals surface area contributed by atoms with Gasteiger partial charge in [0.1, 0.15) is 17.7 Å². The number of fused-ring (bicyclic) bond motifs is 1. The Hall–Kier alpha value is -3.29. The summed E-state index contributed by atoms with van der Waals surface area (Å²) in [6, 6.07) is 11.3. The maximum Gasteiger partial charge on any atom is 0.410 e. The molecule has 1 amide bonds. The third-order valence-electron chi connectivity index (χ3n) is 5.42. The van der Waals surface area contributed by atoms with Gasteiger partial charge >= 0.3 is 12.1 Å². The van der Waals surface area contributed by atoms with Crippen LogP contribution in [0.3, 0.4) is 0 Å². The molecule has 0 unspecified atom stereocenters. The molecule has 2 aromatic rings. The van der Waals surface area contributed by atoms with E-state index in [2.05, 4.69) is 9.88 Å². The van der Waals surface area contributed by atoms with Crippen molar-refractivity contribution < 1.29 is 23.8 Å². The molecule has 2 saturated heterocycles. The first-order valence-corrected chi connectivity index (χ1v) is 9.48. The zero-order chi connectivity index (χ0) is 20.4. The molecule has 0 aliphatic carbocycles. The van der Waals surface area contributed by atoms with Crippen molar-refractivity contribution in [3.8, 4) is 5.75 Å². The van der Waals surface area contributed by atoms with Gasteiger partial charge in [-0.25, -0.2) is 14.6 Å². The van der Waals surface area contributed by atoms with E-state index >= 15 is 0 Å². The fourth-order valence-electron chi connectivity index (χ4n) is 3.80. The zero-order valence-electron chi connectivity index (χ0n) is 16.4. The fourth-order valence-corrected chi connectivity index (χ4v) is 3.80. The highest BCUT2D eigenvalue weighted by Crippen LogP contribution is 2.30. The first-order valence-electron chi connectivity index (χ1n) is 9.48. The van der Waals surface area contributed by atoms with Gasteiger partial charge in [0.15, 0.2) is 0 Å². The molecule has 8 nitrogen and oxygen atoms in total. The second-order valence-electron chi connectivity index (χ2n) is 7.08. The molecular formula is C21H23N3O5. The lowest BCUT2D eigenvalue weighted by molar-refractivity contribution is 0.0600. The highest BCUT2D eigenvalue weighted by molar-refractivity contribution is 5.89. The lowest BCUT2D eigenvalue weighted by atomic mass is 10.1. The first kappa shape index (κ1) is 19.0. The van der Waals surface area contributed by atoms with Crippen LogP contribution in [-0.4, -0.2) is 67.9 Å². The second kappa shape index (κ2) is 7.98. The van der Waals surface area contributed by atoms with E-state index in [-0.39, 0.29) is 18.2 Å². The topological polar surface area (TPSA) is 81.2 Å². The minimum Gasteiger partial charge on any atom is -0.497 e. The van der Waals surface area contributed by atoms with Crippen LogP contribution >= 0.6 is 0 Å². The Labute approximate surface area is 169 Å². The van der Waals surface area contributed by atoms with Crippen LogP contribution in [0.25, 0.3) is 0 Å². The summed E-state index contributed by atoms with van der Waals surface area (Å²) < 4.78 is 15.5. The van der Waals surface area contributed by atoms with E-state index in [0.717, 1.165) is 23.6 Å². The van der Waals surface area contributed by atoms with Crippen LogP contribution in [-0.2, 0) is 15.9 Å². The van der Waals surface area contributed by atoms with E-state index in [9.17, 15) is 9.59 Å². The lowest BCUT2D eigenvalue weighted by Crippen LogP contribution is -2.39. The average Bonchev–Trinajstić information content (AvgIpc) is 3.29. The predicted molar refractivity (Wildman–Crippen MR) is 105 cm³/mol. The summed E-state index contributed by atoms with van der Waals surface area (Å²) in [7, 11) is 2.98. The molecule has 3 heterocycles. The van der Waals surface area contributed by atoms with E-state index in [1.165, 1.54) is 13.3 Å². The number of anilines is 1. The summed E-state index contributed by atoms with van der Waals surface area (Å²) in [6.45, 7) is 1.82. The Morgan fingerprint density at radius 3 is 2.62 bits per heavy atom. The van der Waals surface area contributed by atoms with E-state index < -0.39 is 5.97 Å². The maximum absolute atomic E-state index is 12.3. The number of rotatable bonds is 6. The van der Waals surface area contributed by atoms with Gasteiger partial charge in [-0.05, 0) is 36.2 Å². The largest absolute Gasteiger partial charge is 0.497 e. The molecule has 0 N–H and O–H groups in total. The van der Waals surface area contributed by atoms with Gasteiger partial charge in [0.25, 0.3) is 0 Å². The van der Waals surface area contributed by atoms with Crippen LogP contribution in [0, 0.1) is 0 Å². The van der Waals surface area contributed by atoms with Crippen molar-refractivity contribution in [2.75, 3.05) is 38.8 Å². The standard InChI is InChI=1S/C21H23N3O5/c1-27-16-6-3-14(4-7-16)9-10-24-17-12-23(13-18(17)29-21(24)26)19-8-5-15(11-22-19)20(25)28-2/h3-8,11,17-18H,9-10,12-13H2,1-2H3/t17-,18+/m1/s1. The summed E-state index contributed by atoms with van der Waals surface area (Å²) in [5.74, 6) is 1.14. The number of amides is 1. The molecule has 8 heteroatoms. The predicted octanol–water partition coefficient (Wildman–Crippen LogP) is 2.13. The monoisotopic (exact) mass is 397 g/mol. The van der Waals surface area contributed by atoms with Gasteiger partial charge in [-0.1, -0.05) is 12.1 Å². The summed E-state index contributed by atoms with van der Waals surface area (Å²) in [5.41, 5.74) is 1.54. The van der Waals surface area contributed by atoms with Crippen molar-refractivity contribution in [2.45, 2.75) is 18.6 Å². The molecule has 4 rings (SSSR count). The van der Waals surface area contributed by atoms with E-state index in [1.54, 1.807) is 24.1 Å². The molecule has 2 aliphatic heterocycles. The highest BCUT2D eigenvalue weighted by atomic mass is 16.6. The van der Waals surface area contributed by atoms with Crippen molar-refractivity contribution in [2.24, 2.45) is 0 Å². The Kier molecular flexibility index (Phi) is 5.24. The number of esters is 1. The number of ether oxygens (including phenoxy) is 3. The number of methoxy groups -OCH3 is 2. The van der Waals surface area contributed by atoms with Crippen molar-refractivity contribution in [3.63, 3.8) is 0 Å². The normalized spacial score (nSPS) is 20.4. The Morgan fingerprint density at radius 2 is 1.97 bits per heavy atom. The van der Waals surface area contributed by atoms with Crippen molar-refractivity contribution in [1.82, 2.24) is 9.88 Å². The highest BCUT2D eigenvalue weighted by Gasteiger charge is 2.47. The molecule has 0 radical (unpaired) electrons. The third-order valence-corrected chi connectivity index (χ3v) is 5.42. The molecule has 152 valence electrons. The average molecular weight is 397 g/mol. The van der Waals surface area contributed by atoms with Crippen LogP contribution in [0.4, 0.5) is 10.6 Å². The van der Waals surface area contributed by atoms with E-state index in [4.69, 9.17) is 14.2 Å². The minimum atomic E-state index is -0.416. The summed E-state index contributed by atoms with van der Waals surface area (Å²) >= 11 is 0. The van der Waals surface area contributed by atoms with Crippen molar-refractivity contribution >= 4 is 17.9 Å². The molecule has 2 aliphatic rings. The molecule has 1 aromatic heterocycles. The quantitative estimate of drug-likeness (QED) is 0.691. The van der Waals surface area contributed by atoms with Gasteiger partial charge in [0.05, 0.1) is 32.4 Å². The molecule has 2 atom stereocenters. The molecular weight excluding hydrogens is 374 g/mol. The second-order valence-corrected chi connectivity index (χ2v) is 7.08. The van der Waals surface area contributed by atoms with Gasteiger partial charge in [-0.2, -0.15) is 0 Å². The smallest absolute Gasteiger partial charge is 0.410 e. The van der Waals surface area contributed by atoms with Crippen LogP contribution in [0.5, 0.6) is 5.75 Å². The van der Waals surface area contributed by atoms with Crippen molar-refractivity contribution in [3.05, 3.63) is 53.7 Å². The van der Waals surface area contributed by atoms with E-state index in [1.807, 2.05) is 24.3 Å². The van der Waals surface area contributed by atoms with Crippen LogP contribution in [0.1, 0.15) is 15.9 Å². The van der Waals surface area contributed by atoms with Gasteiger partial charge in [-0.3, -0.25) is 4.90 Å². The Bertz CT molecular complexity index is 884. The van der Waals surface area contributed by atoms with Crippen LogP contribution in [0.15, 0.2) is 42.6 Å². The summed E-state index contributed by atoms with van der Waals surface area (Å²) in [6.07, 6.45) is 1.81. The maximum atomic E-state index is 12.3. The third kappa shape index (κ3) is 3.83. The van der Waals surface area contributed by atoms with Gasteiger partial charge in [0, 0.05) is 19.3 Å². The molecule has 0 spiro atoms. The number of pyridine rings is 1. The van der Waals surface area contributed by atoms with Gasteiger partial charge in [-0.15, -0.1) is 0 Å². The Balaban J connectivity index is 1.39. The van der Waals surface area contributed by atoms with Crippen LogP contribution in [0.2, 0.25) is 0 Å². The number of aromatic nitrogens is 1. The number of hydrogen-bond donors (Lipinski definition) is 0. The number of benzene rings is 1. The molecule has 1 aromatic carbocycles. The molecule has 0 saturated carbocycles. The SMILES string of the molecule is COC(=O)c1ccc(N2C[C@@H]3OC(=O)N(CCc4ccc(OC)cc4)[C@@H]3C2)nc1. The lowest BCUT2D eigenvalue weighted by Gasteiger charge is -2.23. The van der Waals surface area contributed by atoms with Gasteiger partial charge in [0.2, 0.25) is 0 Å². The van der Waals surface area contributed by atoms with Gasteiger partial charge < -0.3 is 19.1 Å². The van der Waals surface area contributed by atoms with Crippen LogP contribution < -0.4 is 9.64 Å². The summed E-state index contributed by atoms with van der Waals surface area (Å²) in [4.78, 5) is 32.1. The van der Waals surface area contributed by atoms with E-state index in [0.29, 0.717) is 25.2 Å². The molecule has 2 fully saturated rings. The molecule has 0 bridgehead atoms. The number of hydrogen-bond acceptors (Lipinski definition) is 7. The van der Waals surface area contributed by atoms with Crippen molar-refractivity contribution in [1.29, 1.82) is 0 Å². The fraction of sp³-hybridized carbons (Fsp3) is 0.381. The number of carbonyl (C=O) groups excluding carboxylic acids is 2. The molecule has 29 heavy (non-hydrogen) atoms. The minimum absolute atomic E-state index is 0.0113. The number of nitrogens with zero attached hydrogens (tertiary/aromatic N) is 3. The number of carbonyl (C=O) groups is 2. The summed E-state index contributed by atoms with van der Waals surface area (Å²) in [5, 5.41) is 0. The Morgan fingerprint density at radius 1 is 1.17 bits per heavy atom.